The Balaban J connectivity index is 1.52. The van der Waals surface area contributed by atoms with Crippen LogP contribution in [0, 0.1) is 5.92 Å². The lowest BCUT2D eigenvalue weighted by Crippen LogP contribution is -2.20. The van der Waals surface area contributed by atoms with Gasteiger partial charge in [0.15, 0.2) is 0 Å². The van der Waals surface area contributed by atoms with E-state index < -0.39 is 0 Å². The fourth-order valence-corrected chi connectivity index (χ4v) is 4.24. The molecular weight excluding hydrogens is 318 g/mol. The summed E-state index contributed by atoms with van der Waals surface area (Å²) >= 11 is 0. The van der Waals surface area contributed by atoms with Gasteiger partial charge in [-0.05, 0) is 52.0 Å². The van der Waals surface area contributed by atoms with Crippen LogP contribution in [-0.2, 0) is 5.41 Å². The number of aromatic nitrogens is 2. The minimum Gasteiger partial charge on any atom is -0.384 e. The number of aromatic amines is 1. The molecule has 3 aromatic rings. The Labute approximate surface area is 153 Å². The molecule has 1 aromatic carbocycles. The van der Waals surface area contributed by atoms with E-state index in [1.54, 1.807) is 0 Å². The van der Waals surface area contributed by atoms with Crippen molar-refractivity contribution in [2.45, 2.75) is 19.3 Å². The Bertz CT molecular complexity index is 1040. The minimum absolute atomic E-state index is 0.0461. The minimum atomic E-state index is 0.0461. The predicted octanol–water partition coefficient (Wildman–Crippen LogP) is 4.92. The van der Waals surface area contributed by atoms with Crippen LogP contribution in [0.25, 0.3) is 17.2 Å². The molecule has 3 heteroatoms. The summed E-state index contributed by atoms with van der Waals surface area (Å²) in [6.45, 7) is 4.62. The van der Waals surface area contributed by atoms with Gasteiger partial charge in [-0.15, -0.1) is 0 Å². The van der Waals surface area contributed by atoms with Gasteiger partial charge in [0, 0.05) is 23.7 Å². The van der Waals surface area contributed by atoms with Crippen molar-refractivity contribution in [1.82, 2.24) is 9.97 Å². The van der Waals surface area contributed by atoms with Gasteiger partial charge in [-0.1, -0.05) is 50.3 Å². The number of rotatable bonds is 4. The van der Waals surface area contributed by atoms with Crippen LogP contribution in [0.3, 0.4) is 0 Å². The number of nitrogens with zero attached hydrogens (tertiary/aromatic N) is 1. The summed E-state index contributed by atoms with van der Waals surface area (Å²) in [7, 11) is 0. The van der Waals surface area contributed by atoms with Gasteiger partial charge in [-0.3, -0.25) is 0 Å². The maximum absolute atomic E-state index is 5.69. The fraction of sp³-hybridized carbons (Fsp3) is 0.174. The molecular formula is C23H21N3. The van der Waals surface area contributed by atoms with Crippen molar-refractivity contribution < 1.29 is 0 Å². The van der Waals surface area contributed by atoms with Crippen molar-refractivity contribution in [1.29, 1.82) is 0 Å². The summed E-state index contributed by atoms with van der Waals surface area (Å²) in [5.41, 5.74) is 14.8. The molecule has 128 valence electrons. The molecule has 2 aliphatic carbocycles. The summed E-state index contributed by atoms with van der Waals surface area (Å²) in [5.74, 6) is 1.06. The van der Waals surface area contributed by atoms with Crippen LogP contribution in [0.4, 0.5) is 5.82 Å². The molecule has 3 nitrogen and oxygen atoms in total. The molecule has 0 radical (unpaired) electrons. The van der Waals surface area contributed by atoms with Crippen LogP contribution in [0.2, 0.25) is 0 Å². The molecule has 3 N–H and O–H groups in total. The lowest BCUT2D eigenvalue weighted by atomic mass is 9.80. The molecule has 0 bridgehead atoms. The second-order valence-electron chi connectivity index (χ2n) is 7.48. The van der Waals surface area contributed by atoms with Crippen molar-refractivity contribution in [3.63, 3.8) is 0 Å². The largest absolute Gasteiger partial charge is 0.384 e. The zero-order chi connectivity index (χ0) is 17.9. The summed E-state index contributed by atoms with van der Waals surface area (Å²) in [4.78, 5) is 7.63. The molecule has 0 saturated heterocycles. The quantitative estimate of drug-likeness (QED) is 0.709. The van der Waals surface area contributed by atoms with Crippen LogP contribution in [0.1, 0.15) is 36.2 Å². The highest BCUT2D eigenvalue weighted by Gasteiger charge is 2.56. The molecule has 0 amide bonds. The maximum Gasteiger partial charge on any atom is 0.123 e. The number of pyridine rings is 1. The van der Waals surface area contributed by atoms with Crippen molar-refractivity contribution in [3.05, 3.63) is 88.9 Å². The third-order valence-electron chi connectivity index (χ3n) is 5.66. The molecule has 0 aliphatic heterocycles. The van der Waals surface area contributed by atoms with Gasteiger partial charge in [0.2, 0.25) is 0 Å². The monoisotopic (exact) mass is 339 g/mol. The van der Waals surface area contributed by atoms with E-state index in [0.29, 0.717) is 11.7 Å². The van der Waals surface area contributed by atoms with Crippen LogP contribution in [0.5, 0.6) is 0 Å². The summed E-state index contributed by atoms with van der Waals surface area (Å²) in [6.07, 6.45) is 10.5. The number of hydrogen-bond acceptors (Lipinski definition) is 2. The molecule has 0 saturated carbocycles. The number of benzene rings is 1. The van der Waals surface area contributed by atoms with Crippen LogP contribution < -0.4 is 5.73 Å². The third-order valence-corrected chi connectivity index (χ3v) is 5.66. The average Bonchev–Trinajstić information content (AvgIpc) is 3.53. The average molecular weight is 339 g/mol. The summed E-state index contributed by atoms with van der Waals surface area (Å²) in [5, 5.41) is 0. The zero-order valence-electron chi connectivity index (χ0n) is 15.0. The highest BCUT2D eigenvalue weighted by atomic mass is 14.8. The number of nitrogens with one attached hydrogen (secondary N) is 1. The number of hydrogen-bond donors (Lipinski definition) is 2. The Kier molecular flexibility index (Phi) is 3.05. The molecule has 0 spiro atoms. The molecule has 0 fully saturated rings. The van der Waals surface area contributed by atoms with E-state index >= 15 is 0 Å². The number of anilines is 1. The van der Waals surface area contributed by atoms with Gasteiger partial charge < -0.3 is 10.7 Å². The second kappa shape index (κ2) is 5.21. The van der Waals surface area contributed by atoms with E-state index in [9.17, 15) is 0 Å². The van der Waals surface area contributed by atoms with Gasteiger partial charge in [0.05, 0.1) is 5.41 Å². The topological polar surface area (TPSA) is 54.7 Å². The SMILES string of the molecule is CC(C)C1(c2ccc(-c3ccc(N)nc3)cc2)c2c[nH]c(C=C3C=C3)c21. The van der Waals surface area contributed by atoms with Gasteiger partial charge >= 0.3 is 0 Å². The van der Waals surface area contributed by atoms with Crippen molar-refractivity contribution in [2.75, 3.05) is 5.73 Å². The van der Waals surface area contributed by atoms with Gasteiger partial charge in [-0.2, -0.15) is 0 Å². The Hall–Kier alpha value is -3.07. The normalized spacial score (nSPS) is 19.6. The Morgan fingerprint density at radius 1 is 1.04 bits per heavy atom. The van der Waals surface area contributed by atoms with Crippen LogP contribution in [-0.4, -0.2) is 9.97 Å². The third kappa shape index (κ3) is 2.10. The fourth-order valence-electron chi connectivity index (χ4n) is 4.24. The number of allylic oxidation sites excluding steroid dienone is 3. The van der Waals surface area contributed by atoms with Crippen LogP contribution in [0.15, 0.2) is 66.5 Å². The molecule has 5 rings (SSSR count). The molecule has 26 heavy (non-hydrogen) atoms. The lowest BCUT2D eigenvalue weighted by molar-refractivity contribution is 0.511. The Morgan fingerprint density at radius 3 is 2.38 bits per heavy atom. The molecule has 2 aliphatic rings. The number of nitrogen functional groups attached to an aromatic ring is 1. The molecule has 1 atom stereocenters. The van der Waals surface area contributed by atoms with E-state index in [1.165, 1.54) is 28.0 Å². The van der Waals surface area contributed by atoms with E-state index in [1.807, 2.05) is 18.3 Å². The first-order chi connectivity index (χ1) is 12.6. The van der Waals surface area contributed by atoms with Crippen LogP contribution >= 0.6 is 0 Å². The number of fused-ring (bicyclic) bond motifs is 1. The smallest absolute Gasteiger partial charge is 0.123 e. The van der Waals surface area contributed by atoms with E-state index in [2.05, 4.69) is 72.5 Å². The highest BCUT2D eigenvalue weighted by Crippen LogP contribution is 2.61. The van der Waals surface area contributed by atoms with Crippen molar-refractivity contribution in [3.8, 4) is 11.1 Å². The maximum atomic E-state index is 5.69. The molecule has 2 aromatic heterocycles. The van der Waals surface area contributed by atoms with Crippen molar-refractivity contribution in [2.24, 2.45) is 5.92 Å². The molecule has 2 heterocycles. The van der Waals surface area contributed by atoms with E-state index in [4.69, 9.17) is 5.73 Å². The lowest BCUT2D eigenvalue weighted by Gasteiger charge is -2.23. The van der Waals surface area contributed by atoms with Crippen molar-refractivity contribution >= 4 is 11.9 Å². The standard InChI is InChI=1S/C23H21N3/c1-14(2)23(19-13-25-20(22(19)23)11-15-3-4-15)18-8-5-16(6-9-18)17-7-10-21(24)26-12-17/h3-14,25H,1-2H3,(H2,24,26). The highest BCUT2D eigenvalue weighted by molar-refractivity contribution is 5.79. The first kappa shape index (κ1) is 15.2. The zero-order valence-corrected chi connectivity index (χ0v) is 15.0. The summed E-state index contributed by atoms with van der Waals surface area (Å²) in [6, 6.07) is 12.8. The first-order valence-electron chi connectivity index (χ1n) is 9.05. The van der Waals surface area contributed by atoms with Gasteiger partial charge in [0.1, 0.15) is 5.82 Å². The Morgan fingerprint density at radius 2 is 1.77 bits per heavy atom. The second-order valence-corrected chi connectivity index (χ2v) is 7.48. The van der Waals surface area contributed by atoms with E-state index in [0.717, 1.165) is 11.1 Å². The van der Waals surface area contributed by atoms with Gasteiger partial charge in [0.25, 0.3) is 0 Å². The number of nitrogens with two attached hydrogens (primary N) is 1. The first-order valence-corrected chi connectivity index (χ1v) is 9.05. The summed E-state index contributed by atoms with van der Waals surface area (Å²) < 4.78 is 0. The number of H-pyrrole nitrogens is 1. The predicted molar refractivity (Wildman–Crippen MR) is 107 cm³/mol. The van der Waals surface area contributed by atoms with Gasteiger partial charge in [-0.25, -0.2) is 4.98 Å². The van der Waals surface area contributed by atoms with E-state index in [-0.39, 0.29) is 5.41 Å². The molecule has 1 unspecified atom stereocenters.